The van der Waals surface area contributed by atoms with Crippen molar-refractivity contribution in [2.75, 3.05) is 6.61 Å². The van der Waals surface area contributed by atoms with Gasteiger partial charge in [0.05, 0.1) is 0 Å². The molecule has 1 rings (SSSR count). The van der Waals surface area contributed by atoms with Crippen LogP contribution in [0.2, 0.25) is 0 Å². The Balaban J connectivity index is 2.76. The SMILES string of the molecule is CC(N)Cc1ccccc1OCC#N. The average molecular weight is 190 g/mol. The van der Waals surface area contributed by atoms with E-state index in [0.29, 0.717) is 0 Å². The maximum absolute atomic E-state index is 8.40. The van der Waals surface area contributed by atoms with Crippen LogP contribution in [0, 0.1) is 11.3 Å². The molecule has 0 aromatic heterocycles. The van der Waals surface area contributed by atoms with Crippen molar-refractivity contribution < 1.29 is 4.74 Å². The number of hydrogen-bond acceptors (Lipinski definition) is 3. The summed E-state index contributed by atoms with van der Waals surface area (Å²) < 4.78 is 5.27. The zero-order valence-corrected chi connectivity index (χ0v) is 8.23. The summed E-state index contributed by atoms with van der Waals surface area (Å²) in [6.07, 6.45) is 0.765. The van der Waals surface area contributed by atoms with Crippen LogP contribution in [0.25, 0.3) is 0 Å². The molecule has 0 bridgehead atoms. The van der Waals surface area contributed by atoms with Gasteiger partial charge in [0.25, 0.3) is 0 Å². The van der Waals surface area contributed by atoms with Gasteiger partial charge in [0, 0.05) is 6.04 Å². The summed E-state index contributed by atoms with van der Waals surface area (Å²) in [4.78, 5) is 0. The lowest BCUT2D eigenvalue weighted by molar-refractivity contribution is 0.363. The monoisotopic (exact) mass is 190 g/mol. The van der Waals surface area contributed by atoms with Crippen molar-refractivity contribution in [1.82, 2.24) is 0 Å². The molecule has 0 aliphatic rings. The largest absolute Gasteiger partial charge is 0.478 e. The minimum atomic E-state index is 0.0793. The van der Waals surface area contributed by atoms with E-state index in [4.69, 9.17) is 15.7 Å². The van der Waals surface area contributed by atoms with Gasteiger partial charge in [-0.25, -0.2) is 0 Å². The van der Waals surface area contributed by atoms with Gasteiger partial charge >= 0.3 is 0 Å². The van der Waals surface area contributed by atoms with Crippen LogP contribution >= 0.6 is 0 Å². The van der Waals surface area contributed by atoms with E-state index in [2.05, 4.69) is 0 Å². The van der Waals surface area contributed by atoms with Crippen molar-refractivity contribution in [2.45, 2.75) is 19.4 Å². The highest BCUT2D eigenvalue weighted by Gasteiger charge is 2.04. The highest BCUT2D eigenvalue weighted by Crippen LogP contribution is 2.18. The molecule has 3 heteroatoms. The van der Waals surface area contributed by atoms with Gasteiger partial charge in [-0.05, 0) is 25.0 Å². The molecule has 2 N–H and O–H groups in total. The van der Waals surface area contributed by atoms with Crippen molar-refractivity contribution in [3.8, 4) is 11.8 Å². The van der Waals surface area contributed by atoms with Crippen LogP contribution in [0.3, 0.4) is 0 Å². The van der Waals surface area contributed by atoms with Gasteiger partial charge < -0.3 is 10.5 Å². The highest BCUT2D eigenvalue weighted by atomic mass is 16.5. The Hall–Kier alpha value is -1.53. The summed E-state index contributed by atoms with van der Waals surface area (Å²) in [5.41, 5.74) is 6.75. The molecule has 1 atom stereocenters. The number of benzene rings is 1. The molecule has 0 fully saturated rings. The second kappa shape index (κ2) is 5.25. The summed E-state index contributed by atoms with van der Waals surface area (Å²) in [5.74, 6) is 0.756. The van der Waals surface area contributed by atoms with Crippen LogP contribution in [0.5, 0.6) is 5.75 Å². The maximum Gasteiger partial charge on any atom is 0.174 e. The van der Waals surface area contributed by atoms with Gasteiger partial charge in [-0.1, -0.05) is 18.2 Å². The van der Waals surface area contributed by atoms with E-state index in [1.54, 1.807) is 0 Å². The van der Waals surface area contributed by atoms with E-state index < -0.39 is 0 Å². The van der Waals surface area contributed by atoms with Gasteiger partial charge in [0.15, 0.2) is 6.61 Å². The molecule has 14 heavy (non-hydrogen) atoms. The summed E-state index contributed by atoms with van der Waals surface area (Å²) in [7, 11) is 0. The lowest BCUT2D eigenvalue weighted by Crippen LogP contribution is -2.18. The quantitative estimate of drug-likeness (QED) is 0.782. The average Bonchev–Trinajstić information content (AvgIpc) is 2.16. The molecule has 1 aromatic carbocycles. The first kappa shape index (κ1) is 10.6. The van der Waals surface area contributed by atoms with Crippen LogP contribution in [-0.4, -0.2) is 12.6 Å². The molecule has 0 radical (unpaired) electrons. The van der Waals surface area contributed by atoms with Crippen molar-refractivity contribution in [3.63, 3.8) is 0 Å². The molecule has 0 saturated heterocycles. The second-order valence-electron chi connectivity index (χ2n) is 3.24. The second-order valence-corrected chi connectivity index (χ2v) is 3.24. The van der Waals surface area contributed by atoms with Crippen molar-refractivity contribution in [2.24, 2.45) is 5.73 Å². The topological polar surface area (TPSA) is 59.0 Å². The Labute approximate surface area is 84.1 Å². The number of ether oxygens (including phenoxy) is 1. The molecule has 0 amide bonds. The molecule has 3 nitrogen and oxygen atoms in total. The summed E-state index contributed by atoms with van der Waals surface area (Å²) in [5, 5.41) is 8.40. The summed E-state index contributed by atoms with van der Waals surface area (Å²) in [6.45, 7) is 2.02. The van der Waals surface area contributed by atoms with Gasteiger partial charge in [-0.3, -0.25) is 0 Å². The molecule has 0 aliphatic carbocycles. The lowest BCUT2D eigenvalue weighted by atomic mass is 10.1. The minimum absolute atomic E-state index is 0.0793. The van der Waals surface area contributed by atoms with E-state index in [0.717, 1.165) is 17.7 Å². The molecule has 1 aromatic rings. The Kier molecular flexibility index (Phi) is 3.96. The first-order valence-corrected chi connectivity index (χ1v) is 4.57. The highest BCUT2D eigenvalue weighted by molar-refractivity contribution is 5.34. The van der Waals surface area contributed by atoms with E-state index in [1.165, 1.54) is 0 Å². The van der Waals surface area contributed by atoms with Crippen LogP contribution in [0.15, 0.2) is 24.3 Å². The molecular weight excluding hydrogens is 176 g/mol. The number of para-hydroxylation sites is 1. The first-order chi connectivity index (χ1) is 6.74. The fourth-order valence-electron chi connectivity index (χ4n) is 1.27. The van der Waals surface area contributed by atoms with Crippen molar-refractivity contribution in [3.05, 3.63) is 29.8 Å². The third kappa shape index (κ3) is 3.08. The number of hydrogen-bond donors (Lipinski definition) is 1. The van der Waals surface area contributed by atoms with Gasteiger partial charge in [-0.15, -0.1) is 0 Å². The number of nitrogens with two attached hydrogens (primary N) is 1. The molecular formula is C11H14N2O. The fraction of sp³-hybridized carbons (Fsp3) is 0.364. The number of rotatable bonds is 4. The Morgan fingerprint density at radius 3 is 2.86 bits per heavy atom. The predicted octanol–water partition coefficient (Wildman–Crippen LogP) is 1.48. The molecule has 0 aliphatic heterocycles. The zero-order chi connectivity index (χ0) is 10.4. The third-order valence-electron chi connectivity index (χ3n) is 1.81. The van der Waals surface area contributed by atoms with E-state index in [-0.39, 0.29) is 12.6 Å². The Morgan fingerprint density at radius 2 is 2.21 bits per heavy atom. The molecule has 0 spiro atoms. The van der Waals surface area contributed by atoms with E-state index >= 15 is 0 Å². The summed E-state index contributed by atoms with van der Waals surface area (Å²) in [6, 6.07) is 9.69. The van der Waals surface area contributed by atoms with E-state index in [1.807, 2.05) is 37.3 Å². The smallest absolute Gasteiger partial charge is 0.174 e. The lowest BCUT2D eigenvalue weighted by Gasteiger charge is -2.10. The maximum atomic E-state index is 8.40. The Morgan fingerprint density at radius 1 is 1.50 bits per heavy atom. The van der Waals surface area contributed by atoms with Gasteiger partial charge in [0.1, 0.15) is 11.8 Å². The minimum Gasteiger partial charge on any atom is -0.478 e. The molecule has 0 saturated carbocycles. The molecule has 1 unspecified atom stereocenters. The number of nitriles is 1. The normalized spacial score (nSPS) is 11.8. The van der Waals surface area contributed by atoms with E-state index in [9.17, 15) is 0 Å². The molecule has 74 valence electrons. The third-order valence-corrected chi connectivity index (χ3v) is 1.81. The Bertz CT molecular complexity index is 328. The fourth-order valence-corrected chi connectivity index (χ4v) is 1.27. The first-order valence-electron chi connectivity index (χ1n) is 4.57. The van der Waals surface area contributed by atoms with Crippen LogP contribution < -0.4 is 10.5 Å². The zero-order valence-electron chi connectivity index (χ0n) is 8.23. The van der Waals surface area contributed by atoms with Crippen LogP contribution in [-0.2, 0) is 6.42 Å². The predicted molar refractivity (Wildman–Crippen MR) is 54.9 cm³/mol. The van der Waals surface area contributed by atoms with Gasteiger partial charge in [0.2, 0.25) is 0 Å². The van der Waals surface area contributed by atoms with Crippen molar-refractivity contribution >= 4 is 0 Å². The summed E-state index contributed by atoms with van der Waals surface area (Å²) >= 11 is 0. The van der Waals surface area contributed by atoms with Gasteiger partial charge in [-0.2, -0.15) is 5.26 Å². The van der Waals surface area contributed by atoms with Crippen LogP contribution in [0.1, 0.15) is 12.5 Å². The number of nitrogens with zero attached hydrogens (tertiary/aromatic N) is 1. The van der Waals surface area contributed by atoms with Crippen molar-refractivity contribution in [1.29, 1.82) is 5.26 Å². The standard InChI is InChI=1S/C11H14N2O/c1-9(13)8-10-4-2-3-5-11(10)14-7-6-12/h2-5,9H,7-8,13H2,1H3. The van der Waals surface area contributed by atoms with Crippen LogP contribution in [0.4, 0.5) is 0 Å². The molecule has 0 heterocycles.